The van der Waals surface area contributed by atoms with Gasteiger partial charge in [-0.2, -0.15) is 11.3 Å². The molecule has 0 spiro atoms. The number of urea groups is 1. The van der Waals surface area contributed by atoms with Crippen LogP contribution in [0.25, 0.3) is 0 Å². The summed E-state index contributed by atoms with van der Waals surface area (Å²) in [6, 6.07) is 9.48. The largest absolute Gasteiger partial charge is 0.395 e. The number of thiophene rings is 1. The molecule has 1 aromatic heterocycles. The summed E-state index contributed by atoms with van der Waals surface area (Å²) >= 11 is 1.59. The molecule has 28 heavy (non-hydrogen) atoms. The molecule has 150 valence electrons. The summed E-state index contributed by atoms with van der Waals surface area (Å²) in [4.78, 5) is 28.7. The number of aliphatic hydroxyl groups excluding tert-OH is 1. The molecule has 1 fully saturated rings. The van der Waals surface area contributed by atoms with E-state index in [1.165, 1.54) is 0 Å². The zero-order chi connectivity index (χ0) is 19.9. The number of carbonyl (C=O) groups is 2. The fourth-order valence-corrected chi connectivity index (χ4v) is 4.01. The van der Waals surface area contributed by atoms with Crippen LogP contribution in [-0.4, -0.2) is 59.1 Å². The van der Waals surface area contributed by atoms with Crippen molar-refractivity contribution in [3.05, 3.63) is 57.8 Å². The molecule has 0 bridgehead atoms. The lowest BCUT2D eigenvalue weighted by molar-refractivity contribution is 0.0705. The third-order valence-electron chi connectivity index (χ3n) is 5.02. The molecule has 2 heterocycles. The number of hydrogen-bond donors (Lipinski definition) is 2. The average Bonchev–Trinajstić information content (AvgIpc) is 3.21. The summed E-state index contributed by atoms with van der Waals surface area (Å²) in [5.41, 5.74) is 2.90. The summed E-state index contributed by atoms with van der Waals surface area (Å²) < 4.78 is 0. The van der Waals surface area contributed by atoms with Crippen molar-refractivity contribution in [2.75, 3.05) is 26.2 Å². The fraction of sp³-hybridized carbons (Fsp3) is 0.429. The Labute approximate surface area is 169 Å². The van der Waals surface area contributed by atoms with Crippen molar-refractivity contribution < 1.29 is 14.7 Å². The molecule has 1 aliphatic rings. The highest BCUT2D eigenvalue weighted by Gasteiger charge is 2.26. The maximum Gasteiger partial charge on any atom is 0.317 e. The Balaban J connectivity index is 1.50. The number of likely N-dealkylation sites (tertiary alicyclic amines) is 1. The number of benzene rings is 1. The van der Waals surface area contributed by atoms with E-state index < -0.39 is 0 Å². The van der Waals surface area contributed by atoms with Crippen molar-refractivity contribution >= 4 is 23.3 Å². The Morgan fingerprint density at radius 3 is 2.54 bits per heavy atom. The molecule has 0 saturated carbocycles. The molecule has 2 N–H and O–H groups in total. The molecule has 0 atom stereocenters. The molecule has 0 unspecified atom stereocenters. The second-order valence-electron chi connectivity index (χ2n) is 7.16. The van der Waals surface area contributed by atoms with E-state index in [4.69, 9.17) is 0 Å². The summed E-state index contributed by atoms with van der Waals surface area (Å²) in [5, 5.41) is 16.3. The average molecular weight is 402 g/mol. The number of hydrogen-bond acceptors (Lipinski definition) is 4. The van der Waals surface area contributed by atoms with E-state index in [1.807, 2.05) is 52.9 Å². The predicted molar refractivity (Wildman–Crippen MR) is 110 cm³/mol. The molecule has 0 aliphatic carbocycles. The SMILES string of the molecule is Cc1ccc(C(=O)N2CCC(NC(=O)N(CCO)Cc3ccsc3)CC2)cc1. The minimum atomic E-state index is -0.163. The minimum absolute atomic E-state index is 0.0400. The number of carbonyl (C=O) groups excluding carboxylic acids is 2. The van der Waals surface area contributed by atoms with E-state index in [-0.39, 0.29) is 24.6 Å². The van der Waals surface area contributed by atoms with E-state index >= 15 is 0 Å². The third-order valence-corrected chi connectivity index (χ3v) is 5.75. The maximum absolute atomic E-state index is 12.6. The van der Waals surface area contributed by atoms with Crippen molar-refractivity contribution in [2.45, 2.75) is 32.4 Å². The fourth-order valence-electron chi connectivity index (χ4n) is 3.35. The monoisotopic (exact) mass is 401 g/mol. The smallest absolute Gasteiger partial charge is 0.317 e. The van der Waals surface area contributed by atoms with Gasteiger partial charge in [-0.15, -0.1) is 0 Å². The van der Waals surface area contributed by atoms with Crippen LogP contribution in [0.2, 0.25) is 0 Å². The van der Waals surface area contributed by atoms with Crippen LogP contribution < -0.4 is 5.32 Å². The summed E-state index contributed by atoms with van der Waals surface area (Å²) in [7, 11) is 0. The lowest BCUT2D eigenvalue weighted by Gasteiger charge is -2.34. The van der Waals surface area contributed by atoms with Crippen molar-refractivity contribution in [2.24, 2.45) is 0 Å². The van der Waals surface area contributed by atoms with Crippen molar-refractivity contribution in [3.8, 4) is 0 Å². The molecule has 0 radical (unpaired) electrons. The molecular weight excluding hydrogens is 374 g/mol. The number of nitrogens with zero attached hydrogens (tertiary/aromatic N) is 2. The van der Waals surface area contributed by atoms with Gasteiger partial charge < -0.3 is 20.2 Å². The third kappa shape index (κ3) is 5.33. The van der Waals surface area contributed by atoms with E-state index in [9.17, 15) is 14.7 Å². The summed E-state index contributed by atoms with van der Waals surface area (Å²) in [5.74, 6) is 0.0455. The highest BCUT2D eigenvalue weighted by Crippen LogP contribution is 2.16. The van der Waals surface area contributed by atoms with Gasteiger partial charge in [0.05, 0.1) is 6.61 Å². The van der Waals surface area contributed by atoms with Gasteiger partial charge in [0.15, 0.2) is 0 Å². The number of piperidine rings is 1. The molecule has 7 heteroatoms. The van der Waals surface area contributed by atoms with Crippen molar-refractivity contribution in [1.29, 1.82) is 0 Å². The van der Waals surface area contributed by atoms with Gasteiger partial charge in [-0.05, 0) is 54.3 Å². The quantitative estimate of drug-likeness (QED) is 0.782. The number of nitrogens with one attached hydrogen (secondary N) is 1. The van der Waals surface area contributed by atoms with Gasteiger partial charge in [-0.3, -0.25) is 4.79 Å². The number of aliphatic hydroxyl groups is 1. The minimum Gasteiger partial charge on any atom is -0.395 e. The van der Waals surface area contributed by atoms with Gasteiger partial charge in [0, 0.05) is 37.8 Å². The molecule has 3 rings (SSSR count). The van der Waals surface area contributed by atoms with Gasteiger partial charge in [0.25, 0.3) is 5.91 Å². The molecule has 1 aromatic carbocycles. The Hall–Kier alpha value is -2.38. The number of rotatable bonds is 6. The van der Waals surface area contributed by atoms with Crippen LogP contribution in [0, 0.1) is 6.92 Å². The van der Waals surface area contributed by atoms with Crippen LogP contribution in [0.3, 0.4) is 0 Å². The molecular formula is C21H27N3O3S. The van der Waals surface area contributed by atoms with Crippen LogP contribution in [0.4, 0.5) is 4.79 Å². The number of aryl methyl sites for hydroxylation is 1. The summed E-state index contributed by atoms with van der Waals surface area (Å²) in [6.45, 7) is 3.97. The van der Waals surface area contributed by atoms with Crippen molar-refractivity contribution in [3.63, 3.8) is 0 Å². The first kappa shape index (κ1) is 20.4. The lowest BCUT2D eigenvalue weighted by atomic mass is 10.0. The molecule has 1 aliphatic heterocycles. The van der Waals surface area contributed by atoms with Gasteiger partial charge >= 0.3 is 6.03 Å². The second kappa shape index (κ2) is 9.71. The first-order valence-electron chi connectivity index (χ1n) is 9.60. The van der Waals surface area contributed by atoms with E-state index in [1.54, 1.807) is 16.2 Å². The second-order valence-corrected chi connectivity index (χ2v) is 7.94. The van der Waals surface area contributed by atoms with Gasteiger partial charge in [0.2, 0.25) is 0 Å². The molecule has 3 amide bonds. The van der Waals surface area contributed by atoms with Gasteiger partial charge in [-0.25, -0.2) is 4.79 Å². The van der Waals surface area contributed by atoms with Crippen LogP contribution in [-0.2, 0) is 6.54 Å². The van der Waals surface area contributed by atoms with Crippen LogP contribution in [0.5, 0.6) is 0 Å². The zero-order valence-corrected chi connectivity index (χ0v) is 17.0. The first-order valence-corrected chi connectivity index (χ1v) is 10.5. The van der Waals surface area contributed by atoms with E-state index in [0.717, 1.165) is 24.0 Å². The van der Waals surface area contributed by atoms with E-state index in [2.05, 4.69) is 5.32 Å². The maximum atomic E-state index is 12.6. The van der Waals surface area contributed by atoms with Gasteiger partial charge in [-0.1, -0.05) is 17.7 Å². The Bertz CT molecular complexity index is 769. The lowest BCUT2D eigenvalue weighted by Crippen LogP contribution is -2.50. The topological polar surface area (TPSA) is 72.9 Å². The summed E-state index contributed by atoms with van der Waals surface area (Å²) in [6.07, 6.45) is 1.46. The van der Waals surface area contributed by atoms with Crippen LogP contribution in [0.1, 0.15) is 34.3 Å². The molecule has 1 saturated heterocycles. The van der Waals surface area contributed by atoms with E-state index in [0.29, 0.717) is 31.7 Å². The molecule has 2 aromatic rings. The first-order chi connectivity index (χ1) is 13.6. The normalized spacial score (nSPS) is 14.7. The van der Waals surface area contributed by atoms with Crippen LogP contribution in [0.15, 0.2) is 41.1 Å². The predicted octanol–water partition coefficient (Wildman–Crippen LogP) is 2.87. The standard InChI is InChI=1S/C21H27N3O3S/c1-16-2-4-18(5-3-16)20(26)23-9-6-19(7-10-23)22-21(27)24(11-12-25)14-17-8-13-28-15-17/h2-5,8,13,15,19,25H,6-7,9-12,14H2,1H3,(H,22,27). The van der Waals surface area contributed by atoms with Gasteiger partial charge in [0.1, 0.15) is 0 Å². The molecule has 6 nitrogen and oxygen atoms in total. The highest BCUT2D eigenvalue weighted by molar-refractivity contribution is 7.07. The highest BCUT2D eigenvalue weighted by atomic mass is 32.1. The Morgan fingerprint density at radius 2 is 1.93 bits per heavy atom. The Morgan fingerprint density at radius 1 is 1.21 bits per heavy atom. The Kier molecular flexibility index (Phi) is 7.06. The van der Waals surface area contributed by atoms with Crippen LogP contribution >= 0.6 is 11.3 Å². The number of amides is 3. The zero-order valence-electron chi connectivity index (χ0n) is 16.1. The van der Waals surface area contributed by atoms with Crippen molar-refractivity contribution in [1.82, 2.24) is 15.1 Å².